The van der Waals surface area contributed by atoms with Crippen molar-refractivity contribution in [2.24, 2.45) is 0 Å². The van der Waals surface area contributed by atoms with Crippen molar-refractivity contribution in [2.75, 3.05) is 18.5 Å². The Balaban J connectivity index is 2.29. The summed E-state index contributed by atoms with van der Waals surface area (Å²) in [6.07, 6.45) is 3.74. The summed E-state index contributed by atoms with van der Waals surface area (Å²) >= 11 is 0. The van der Waals surface area contributed by atoms with Gasteiger partial charge >= 0.3 is 0 Å². The largest absolute Gasteiger partial charge is 0.359 e. The number of anilines is 1. The zero-order valence-electron chi connectivity index (χ0n) is 8.96. The minimum absolute atomic E-state index is 0.483. The van der Waals surface area contributed by atoms with E-state index in [0.29, 0.717) is 18.6 Å². The van der Waals surface area contributed by atoms with Gasteiger partial charge in [0.05, 0.1) is 12.5 Å². The molecule has 0 bridgehead atoms. The summed E-state index contributed by atoms with van der Waals surface area (Å²) in [4.78, 5) is 14.6. The van der Waals surface area contributed by atoms with Gasteiger partial charge in [-0.25, -0.2) is 9.97 Å². The summed E-state index contributed by atoms with van der Waals surface area (Å²) in [7, 11) is 1.90. The van der Waals surface area contributed by atoms with Gasteiger partial charge in [0.25, 0.3) is 0 Å². The van der Waals surface area contributed by atoms with Crippen LogP contribution >= 0.6 is 0 Å². The van der Waals surface area contributed by atoms with Gasteiger partial charge in [0, 0.05) is 26.0 Å². The van der Waals surface area contributed by atoms with E-state index in [9.17, 15) is 0 Å². The van der Waals surface area contributed by atoms with E-state index in [1.807, 2.05) is 24.1 Å². The minimum atomic E-state index is 0.483. The number of nitriles is 1. The average Bonchev–Trinajstić information content (AvgIpc) is 2.35. The quantitative estimate of drug-likeness (QED) is 0.770. The van der Waals surface area contributed by atoms with E-state index in [0.717, 1.165) is 11.3 Å². The van der Waals surface area contributed by atoms with Gasteiger partial charge in [-0.3, -0.25) is 4.98 Å². The molecule has 0 aliphatic carbocycles. The van der Waals surface area contributed by atoms with Crippen LogP contribution in [0.4, 0.5) is 5.82 Å². The van der Waals surface area contributed by atoms with E-state index < -0.39 is 0 Å². The van der Waals surface area contributed by atoms with Crippen LogP contribution in [-0.2, 0) is 0 Å². The molecular formula is C11H11N5. The Bertz CT molecular complexity index is 531. The molecule has 0 unspecified atom stereocenters. The molecule has 0 amide bonds. The highest BCUT2D eigenvalue weighted by Gasteiger charge is 2.04. The maximum absolute atomic E-state index is 8.51. The summed E-state index contributed by atoms with van der Waals surface area (Å²) in [6, 6.07) is 5.87. The lowest BCUT2D eigenvalue weighted by Crippen LogP contribution is -2.19. The Kier molecular flexibility index (Phi) is 2.92. The molecule has 0 fully saturated rings. The van der Waals surface area contributed by atoms with Gasteiger partial charge in [-0.15, -0.1) is 0 Å². The Hall–Kier alpha value is -2.22. The molecular weight excluding hydrogens is 202 g/mol. The first-order valence-electron chi connectivity index (χ1n) is 4.97. The lowest BCUT2D eigenvalue weighted by molar-refractivity contribution is 0.887. The molecule has 2 aromatic heterocycles. The van der Waals surface area contributed by atoms with E-state index in [4.69, 9.17) is 5.26 Å². The lowest BCUT2D eigenvalue weighted by atomic mass is 10.3. The number of fused-ring (bicyclic) bond motifs is 1. The molecule has 2 aromatic rings. The van der Waals surface area contributed by atoms with Crippen molar-refractivity contribution in [1.29, 1.82) is 5.26 Å². The molecule has 16 heavy (non-hydrogen) atoms. The summed E-state index contributed by atoms with van der Waals surface area (Å²) in [5, 5.41) is 8.51. The molecule has 0 saturated heterocycles. The molecule has 2 heterocycles. The van der Waals surface area contributed by atoms with E-state index in [2.05, 4.69) is 21.0 Å². The van der Waals surface area contributed by atoms with Gasteiger partial charge in [-0.1, -0.05) is 0 Å². The van der Waals surface area contributed by atoms with Gasteiger partial charge in [-0.2, -0.15) is 5.26 Å². The van der Waals surface area contributed by atoms with Crippen LogP contribution in [0.1, 0.15) is 6.42 Å². The zero-order valence-corrected chi connectivity index (χ0v) is 8.96. The topological polar surface area (TPSA) is 65.7 Å². The number of rotatable bonds is 3. The fourth-order valence-corrected chi connectivity index (χ4v) is 1.39. The number of hydrogen-bond donors (Lipinski definition) is 0. The highest BCUT2D eigenvalue weighted by atomic mass is 15.2. The predicted molar refractivity (Wildman–Crippen MR) is 60.8 cm³/mol. The Labute approximate surface area is 93.4 Å². The second-order valence-electron chi connectivity index (χ2n) is 3.40. The third-order valence-corrected chi connectivity index (χ3v) is 2.27. The predicted octanol–water partition coefficient (Wildman–Crippen LogP) is 1.37. The molecule has 5 nitrogen and oxygen atoms in total. The molecule has 0 radical (unpaired) electrons. The number of pyridine rings is 1. The molecule has 0 spiro atoms. The van der Waals surface area contributed by atoms with Crippen molar-refractivity contribution >= 4 is 17.0 Å². The van der Waals surface area contributed by atoms with Crippen LogP contribution in [0, 0.1) is 11.3 Å². The van der Waals surface area contributed by atoms with Gasteiger partial charge in [0.15, 0.2) is 5.65 Å². The summed E-state index contributed by atoms with van der Waals surface area (Å²) in [5.41, 5.74) is 1.41. The molecule has 0 aliphatic heterocycles. The van der Waals surface area contributed by atoms with E-state index in [1.54, 1.807) is 12.4 Å². The van der Waals surface area contributed by atoms with Crippen LogP contribution in [-0.4, -0.2) is 28.5 Å². The van der Waals surface area contributed by atoms with Gasteiger partial charge in [0.1, 0.15) is 11.3 Å². The molecule has 0 saturated carbocycles. The van der Waals surface area contributed by atoms with Crippen molar-refractivity contribution < 1.29 is 0 Å². The summed E-state index contributed by atoms with van der Waals surface area (Å²) < 4.78 is 0. The standard InChI is InChI=1S/C11H11N5/c1-16(8-2-5-12)10-4-3-9-11(15-10)14-7-6-13-9/h3-4,6-7H,2,8H2,1H3. The first-order chi connectivity index (χ1) is 7.81. The molecule has 0 N–H and O–H groups in total. The van der Waals surface area contributed by atoms with Gasteiger partial charge in [0.2, 0.25) is 0 Å². The van der Waals surface area contributed by atoms with Crippen LogP contribution in [0.2, 0.25) is 0 Å². The fraction of sp³-hybridized carbons (Fsp3) is 0.273. The highest BCUT2D eigenvalue weighted by Crippen LogP contribution is 2.13. The minimum Gasteiger partial charge on any atom is -0.359 e. The summed E-state index contributed by atoms with van der Waals surface area (Å²) in [6.45, 7) is 0.662. The van der Waals surface area contributed by atoms with E-state index >= 15 is 0 Å². The molecule has 2 rings (SSSR count). The van der Waals surface area contributed by atoms with Gasteiger partial charge < -0.3 is 4.90 Å². The van der Waals surface area contributed by atoms with E-state index in [-0.39, 0.29) is 0 Å². The SMILES string of the molecule is CN(CCC#N)c1ccc2nccnc2n1. The van der Waals surface area contributed by atoms with Crippen molar-refractivity contribution in [3.63, 3.8) is 0 Å². The monoisotopic (exact) mass is 213 g/mol. The second-order valence-corrected chi connectivity index (χ2v) is 3.40. The molecule has 0 atom stereocenters. The smallest absolute Gasteiger partial charge is 0.180 e. The fourth-order valence-electron chi connectivity index (χ4n) is 1.39. The average molecular weight is 213 g/mol. The Morgan fingerprint density at radius 2 is 2.12 bits per heavy atom. The zero-order chi connectivity index (χ0) is 11.4. The third-order valence-electron chi connectivity index (χ3n) is 2.27. The first-order valence-corrected chi connectivity index (χ1v) is 4.97. The normalized spacial score (nSPS) is 10.0. The molecule has 0 aliphatic rings. The maximum atomic E-state index is 8.51. The molecule has 80 valence electrons. The lowest BCUT2D eigenvalue weighted by Gasteiger charge is -2.16. The van der Waals surface area contributed by atoms with Crippen molar-refractivity contribution in [3.05, 3.63) is 24.5 Å². The van der Waals surface area contributed by atoms with Crippen LogP contribution < -0.4 is 4.90 Å². The van der Waals surface area contributed by atoms with Crippen molar-refractivity contribution in [2.45, 2.75) is 6.42 Å². The number of nitrogens with zero attached hydrogens (tertiary/aromatic N) is 5. The third kappa shape index (κ3) is 2.06. The number of aromatic nitrogens is 3. The van der Waals surface area contributed by atoms with Crippen LogP contribution in [0.25, 0.3) is 11.2 Å². The van der Waals surface area contributed by atoms with Crippen molar-refractivity contribution in [3.8, 4) is 6.07 Å². The summed E-state index contributed by atoms with van der Waals surface area (Å²) in [5.74, 6) is 0.809. The van der Waals surface area contributed by atoms with Crippen LogP contribution in [0.5, 0.6) is 0 Å². The van der Waals surface area contributed by atoms with Crippen LogP contribution in [0.3, 0.4) is 0 Å². The highest BCUT2D eigenvalue weighted by molar-refractivity contribution is 5.71. The van der Waals surface area contributed by atoms with Crippen molar-refractivity contribution in [1.82, 2.24) is 15.0 Å². The van der Waals surface area contributed by atoms with Gasteiger partial charge in [-0.05, 0) is 12.1 Å². The Morgan fingerprint density at radius 1 is 1.31 bits per heavy atom. The number of hydrogen-bond acceptors (Lipinski definition) is 5. The first kappa shape index (κ1) is 10.3. The second kappa shape index (κ2) is 4.53. The maximum Gasteiger partial charge on any atom is 0.180 e. The van der Waals surface area contributed by atoms with E-state index in [1.165, 1.54) is 0 Å². The van der Waals surface area contributed by atoms with Crippen LogP contribution in [0.15, 0.2) is 24.5 Å². The molecule has 0 aromatic carbocycles. The molecule has 5 heteroatoms. The Morgan fingerprint density at radius 3 is 2.94 bits per heavy atom.